The van der Waals surface area contributed by atoms with Crippen LogP contribution in [0.4, 0.5) is 5.82 Å². The molecule has 0 spiro atoms. The lowest BCUT2D eigenvalue weighted by molar-refractivity contribution is 0.542. The van der Waals surface area contributed by atoms with Crippen molar-refractivity contribution in [1.29, 1.82) is 0 Å². The van der Waals surface area contributed by atoms with Gasteiger partial charge in [-0.05, 0) is 44.7 Å². The van der Waals surface area contributed by atoms with E-state index in [4.69, 9.17) is 10.3 Å². The van der Waals surface area contributed by atoms with Gasteiger partial charge in [-0.2, -0.15) is 0 Å². The first-order valence-electron chi connectivity index (χ1n) is 6.21. The number of hydrazine groups is 1. The van der Waals surface area contributed by atoms with E-state index >= 15 is 0 Å². The molecule has 18 heavy (non-hydrogen) atoms. The van der Waals surface area contributed by atoms with Gasteiger partial charge in [0.05, 0.1) is 0 Å². The molecule has 2 aromatic rings. The van der Waals surface area contributed by atoms with Gasteiger partial charge < -0.3 is 9.84 Å². The minimum absolute atomic E-state index is 0.608. The van der Waals surface area contributed by atoms with Gasteiger partial charge in [0, 0.05) is 11.3 Å². The Morgan fingerprint density at radius 2 is 2.06 bits per heavy atom. The number of anilines is 1. The van der Waals surface area contributed by atoms with Crippen LogP contribution in [-0.4, -0.2) is 9.97 Å². The smallest absolute Gasteiger partial charge is 0.197 e. The van der Waals surface area contributed by atoms with Crippen LogP contribution in [-0.2, 0) is 12.8 Å². The molecule has 0 amide bonds. The van der Waals surface area contributed by atoms with Crippen molar-refractivity contribution in [2.75, 3.05) is 5.43 Å². The molecule has 0 aliphatic heterocycles. The average molecular weight is 244 g/mol. The minimum Gasteiger partial charge on any atom is -0.458 e. The molecule has 0 fully saturated rings. The largest absolute Gasteiger partial charge is 0.458 e. The zero-order chi connectivity index (χ0) is 12.5. The third kappa shape index (κ3) is 1.86. The molecule has 0 atom stereocenters. The number of nitrogens with one attached hydrogen (secondary N) is 1. The van der Waals surface area contributed by atoms with Gasteiger partial charge >= 0.3 is 0 Å². The van der Waals surface area contributed by atoms with E-state index in [0.717, 1.165) is 35.7 Å². The highest BCUT2D eigenvalue weighted by molar-refractivity contribution is 5.56. The molecule has 0 bridgehead atoms. The summed E-state index contributed by atoms with van der Waals surface area (Å²) in [4.78, 5) is 9.05. The van der Waals surface area contributed by atoms with Crippen molar-refractivity contribution in [3.05, 3.63) is 29.2 Å². The molecule has 0 saturated heterocycles. The molecule has 94 valence electrons. The van der Waals surface area contributed by atoms with E-state index in [1.807, 2.05) is 19.1 Å². The fraction of sp³-hybridized carbons (Fsp3) is 0.385. The Bertz CT molecular complexity index is 559. The van der Waals surface area contributed by atoms with Gasteiger partial charge in [0.1, 0.15) is 11.6 Å². The summed E-state index contributed by atoms with van der Waals surface area (Å²) in [6, 6.07) is 3.80. The lowest BCUT2D eigenvalue weighted by atomic mass is 9.96. The summed E-state index contributed by atoms with van der Waals surface area (Å²) in [5.41, 5.74) is 4.92. The van der Waals surface area contributed by atoms with Gasteiger partial charge in [-0.3, -0.25) is 0 Å². The number of aryl methyl sites for hydroxylation is 2. The Balaban J connectivity index is 2.11. The van der Waals surface area contributed by atoms with Crippen LogP contribution in [0.25, 0.3) is 11.6 Å². The summed E-state index contributed by atoms with van der Waals surface area (Å²) in [6.45, 7) is 1.91. The zero-order valence-electron chi connectivity index (χ0n) is 10.4. The highest BCUT2D eigenvalue weighted by Gasteiger charge is 2.18. The van der Waals surface area contributed by atoms with Crippen LogP contribution in [0.5, 0.6) is 0 Å². The standard InChI is InChI=1S/C13H16N4O/c1-8-6-7-11(18-8)13-15-10-5-3-2-4-9(10)12(16-13)17-14/h6-7H,2-5,14H2,1H3,(H,15,16,17). The van der Waals surface area contributed by atoms with Crippen molar-refractivity contribution in [3.63, 3.8) is 0 Å². The van der Waals surface area contributed by atoms with E-state index in [-0.39, 0.29) is 0 Å². The lowest BCUT2D eigenvalue weighted by Crippen LogP contribution is -2.17. The summed E-state index contributed by atoms with van der Waals surface area (Å²) in [5.74, 6) is 8.44. The quantitative estimate of drug-likeness (QED) is 0.625. The lowest BCUT2D eigenvalue weighted by Gasteiger charge is -2.18. The molecule has 0 unspecified atom stereocenters. The van der Waals surface area contributed by atoms with E-state index in [0.29, 0.717) is 11.6 Å². The Morgan fingerprint density at radius 1 is 1.22 bits per heavy atom. The Morgan fingerprint density at radius 3 is 2.78 bits per heavy atom. The first kappa shape index (κ1) is 11.2. The Labute approximate surface area is 105 Å². The van der Waals surface area contributed by atoms with Gasteiger partial charge in [0.15, 0.2) is 11.6 Å². The van der Waals surface area contributed by atoms with Gasteiger partial charge in [-0.25, -0.2) is 15.8 Å². The minimum atomic E-state index is 0.608. The van der Waals surface area contributed by atoms with Gasteiger partial charge in [0.2, 0.25) is 0 Å². The predicted octanol–water partition coefficient (Wildman–Crippen LogP) is 2.21. The van der Waals surface area contributed by atoms with Crippen LogP contribution < -0.4 is 11.3 Å². The fourth-order valence-corrected chi connectivity index (χ4v) is 2.38. The van der Waals surface area contributed by atoms with Crippen LogP contribution in [0.15, 0.2) is 16.5 Å². The van der Waals surface area contributed by atoms with Crippen molar-refractivity contribution < 1.29 is 4.42 Å². The summed E-state index contributed by atoms with van der Waals surface area (Å²) < 4.78 is 5.57. The molecule has 3 rings (SSSR count). The normalized spacial score (nSPS) is 14.3. The number of hydrogen-bond donors (Lipinski definition) is 2. The Kier molecular flexibility index (Phi) is 2.76. The van der Waals surface area contributed by atoms with Crippen molar-refractivity contribution in [2.45, 2.75) is 32.6 Å². The van der Waals surface area contributed by atoms with Crippen LogP contribution in [0.3, 0.4) is 0 Å². The molecule has 0 saturated carbocycles. The molecule has 2 heterocycles. The van der Waals surface area contributed by atoms with Crippen molar-refractivity contribution in [1.82, 2.24) is 9.97 Å². The summed E-state index contributed by atoms with van der Waals surface area (Å²) in [6.07, 6.45) is 4.32. The molecule has 5 nitrogen and oxygen atoms in total. The summed E-state index contributed by atoms with van der Waals surface area (Å²) in [5, 5.41) is 0. The van der Waals surface area contributed by atoms with Crippen LogP contribution in [0, 0.1) is 6.92 Å². The van der Waals surface area contributed by atoms with E-state index in [2.05, 4.69) is 15.4 Å². The summed E-state index contributed by atoms with van der Waals surface area (Å²) >= 11 is 0. The van der Waals surface area contributed by atoms with Crippen LogP contribution in [0.1, 0.15) is 29.9 Å². The second-order valence-electron chi connectivity index (χ2n) is 4.58. The number of nitrogens with two attached hydrogens (primary N) is 1. The van der Waals surface area contributed by atoms with Gasteiger partial charge in [0.25, 0.3) is 0 Å². The van der Waals surface area contributed by atoms with E-state index in [1.165, 1.54) is 12.8 Å². The van der Waals surface area contributed by atoms with Crippen LogP contribution in [0.2, 0.25) is 0 Å². The van der Waals surface area contributed by atoms with Gasteiger partial charge in [-0.15, -0.1) is 0 Å². The molecular formula is C13H16N4O. The molecule has 0 radical (unpaired) electrons. The topological polar surface area (TPSA) is 77.0 Å². The zero-order valence-corrected chi connectivity index (χ0v) is 10.4. The number of aromatic nitrogens is 2. The second kappa shape index (κ2) is 4.42. The average Bonchev–Trinajstić information content (AvgIpc) is 2.84. The summed E-state index contributed by atoms with van der Waals surface area (Å²) in [7, 11) is 0. The van der Waals surface area contributed by atoms with Crippen molar-refractivity contribution >= 4 is 5.82 Å². The van der Waals surface area contributed by atoms with Crippen LogP contribution >= 0.6 is 0 Å². The maximum absolute atomic E-state index is 5.57. The molecule has 1 aliphatic carbocycles. The molecule has 0 aromatic carbocycles. The highest BCUT2D eigenvalue weighted by atomic mass is 16.3. The molecule has 5 heteroatoms. The Hall–Kier alpha value is -1.88. The van der Waals surface area contributed by atoms with Gasteiger partial charge in [-0.1, -0.05) is 0 Å². The number of rotatable bonds is 2. The molecule has 3 N–H and O–H groups in total. The first-order valence-corrected chi connectivity index (χ1v) is 6.21. The number of nitrogen functional groups attached to an aromatic ring is 1. The number of hydrogen-bond acceptors (Lipinski definition) is 5. The van der Waals surface area contributed by atoms with E-state index in [1.54, 1.807) is 0 Å². The fourth-order valence-electron chi connectivity index (χ4n) is 2.38. The first-order chi connectivity index (χ1) is 8.78. The molecular weight excluding hydrogens is 228 g/mol. The SMILES string of the molecule is Cc1ccc(-c2nc3c(c(NN)n2)CCCC3)o1. The third-order valence-electron chi connectivity index (χ3n) is 3.28. The predicted molar refractivity (Wildman–Crippen MR) is 68.9 cm³/mol. The van der Waals surface area contributed by atoms with Crippen molar-refractivity contribution in [2.24, 2.45) is 5.84 Å². The second-order valence-corrected chi connectivity index (χ2v) is 4.58. The van der Waals surface area contributed by atoms with Crippen molar-refractivity contribution in [3.8, 4) is 11.6 Å². The number of nitrogens with zero attached hydrogens (tertiary/aromatic N) is 2. The molecule has 1 aliphatic rings. The number of fused-ring (bicyclic) bond motifs is 1. The highest BCUT2D eigenvalue weighted by Crippen LogP contribution is 2.28. The maximum atomic E-state index is 5.57. The maximum Gasteiger partial charge on any atom is 0.197 e. The molecule has 2 aromatic heterocycles. The van der Waals surface area contributed by atoms with E-state index in [9.17, 15) is 0 Å². The third-order valence-corrected chi connectivity index (χ3v) is 3.28. The monoisotopic (exact) mass is 244 g/mol. The number of furan rings is 1. The van der Waals surface area contributed by atoms with E-state index < -0.39 is 0 Å².